The summed E-state index contributed by atoms with van der Waals surface area (Å²) in [4.78, 5) is 8.30. The van der Waals surface area contributed by atoms with Crippen LogP contribution in [0.1, 0.15) is 64.4 Å². The van der Waals surface area contributed by atoms with Gasteiger partial charge in [-0.15, -0.1) is 0 Å². The molecule has 5 nitrogen and oxygen atoms in total. The maximum atomic E-state index is 9.60. The number of fused-ring (bicyclic) bond motifs is 1. The van der Waals surface area contributed by atoms with E-state index in [1.807, 2.05) is 30.3 Å². The Bertz CT molecular complexity index is 997. The van der Waals surface area contributed by atoms with Crippen molar-refractivity contribution in [1.29, 1.82) is 5.26 Å². The first-order chi connectivity index (χ1) is 14.7. The van der Waals surface area contributed by atoms with Crippen LogP contribution in [0.2, 0.25) is 0 Å². The van der Waals surface area contributed by atoms with E-state index in [2.05, 4.69) is 29.9 Å². The third-order valence-electron chi connectivity index (χ3n) is 5.17. The molecule has 5 heteroatoms. The lowest BCUT2D eigenvalue weighted by molar-refractivity contribution is 0.177. The molecule has 0 aliphatic carbocycles. The maximum absolute atomic E-state index is 9.60. The standard InChI is InChI=1S/C25H29N3O2/c1-3-5-6-7-8-11-21(4-2)29-24-12-9-10-19(16-26)25(24)30-22-13-14-23-20(15-22)17-27-18-28-23/h9-10,12-15,17-18,21H,3-8,11H2,1-2H3. The second-order valence-corrected chi connectivity index (χ2v) is 7.44. The Hall–Kier alpha value is -3.13. The molecule has 0 spiro atoms. The summed E-state index contributed by atoms with van der Waals surface area (Å²) >= 11 is 0. The highest BCUT2D eigenvalue weighted by Gasteiger charge is 2.16. The van der Waals surface area contributed by atoms with Crippen LogP contribution in [0.4, 0.5) is 0 Å². The lowest BCUT2D eigenvalue weighted by atomic mass is 10.1. The third kappa shape index (κ3) is 5.70. The molecule has 30 heavy (non-hydrogen) atoms. The summed E-state index contributed by atoms with van der Waals surface area (Å²) < 4.78 is 12.4. The summed E-state index contributed by atoms with van der Waals surface area (Å²) in [5.41, 5.74) is 1.30. The van der Waals surface area contributed by atoms with Gasteiger partial charge in [-0.2, -0.15) is 5.26 Å². The zero-order valence-corrected chi connectivity index (χ0v) is 17.8. The van der Waals surface area contributed by atoms with Crippen molar-refractivity contribution in [2.75, 3.05) is 0 Å². The number of para-hydroxylation sites is 1. The second-order valence-electron chi connectivity index (χ2n) is 7.44. The average molecular weight is 404 g/mol. The molecule has 0 bridgehead atoms. The minimum atomic E-state index is 0.105. The summed E-state index contributed by atoms with van der Waals surface area (Å²) in [5.74, 6) is 1.69. The van der Waals surface area contributed by atoms with Gasteiger partial charge in [0.2, 0.25) is 0 Å². The highest BCUT2D eigenvalue weighted by molar-refractivity contribution is 5.79. The molecule has 156 valence electrons. The Morgan fingerprint density at radius 1 is 1.07 bits per heavy atom. The number of ether oxygens (including phenoxy) is 2. The Kier molecular flexibility index (Phi) is 8.02. The van der Waals surface area contributed by atoms with E-state index >= 15 is 0 Å². The number of rotatable bonds is 11. The van der Waals surface area contributed by atoms with Crippen LogP contribution in [0.3, 0.4) is 0 Å². The van der Waals surface area contributed by atoms with Gasteiger partial charge in [-0.1, -0.05) is 45.6 Å². The first kappa shape index (κ1) is 21.6. The van der Waals surface area contributed by atoms with Crippen LogP contribution >= 0.6 is 0 Å². The van der Waals surface area contributed by atoms with Gasteiger partial charge < -0.3 is 9.47 Å². The number of nitrogens with zero attached hydrogens (tertiary/aromatic N) is 3. The van der Waals surface area contributed by atoms with E-state index in [0.29, 0.717) is 22.8 Å². The Morgan fingerprint density at radius 2 is 1.93 bits per heavy atom. The number of aromatic nitrogens is 2. The summed E-state index contributed by atoms with van der Waals surface area (Å²) in [5, 5.41) is 10.5. The van der Waals surface area contributed by atoms with E-state index in [4.69, 9.17) is 9.47 Å². The lowest BCUT2D eigenvalue weighted by Crippen LogP contribution is -2.15. The Balaban J connectivity index is 1.77. The first-order valence-corrected chi connectivity index (χ1v) is 10.8. The quantitative estimate of drug-likeness (QED) is 0.329. The molecule has 0 amide bonds. The van der Waals surface area contributed by atoms with Gasteiger partial charge in [0.15, 0.2) is 11.5 Å². The summed E-state index contributed by atoms with van der Waals surface area (Å²) in [7, 11) is 0. The number of nitriles is 1. The first-order valence-electron chi connectivity index (χ1n) is 10.8. The minimum absolute atomic E-state index is 0.105. The molecule has 3 rings (SSSR count). The molecular formula is C25H29N3O2. The van der Waals surface area contributed by atoms with Crippen LogP contribution in [0.15, 0.2) is 48.9 Å². The van der Waals surface area contributed by atoms with Crippen LogP contribution in [-0.4, -0.2) is 16.1 Å². The zero-order valence-electron chi connectivity index (χ0n) is 17.8. The molecule has 3 aromatic rings. The number of hydrogen-bond acceptors (Lipinski definition) is 5. The van der Waals surface area contributed by atoms with Gasteiger partial charge in [-0.05, 0) is 49.6 Å². The molecule has 0 aliphatic rings. The maximum Gasteiger partial charge on any atom is 0.187 e. The molecule has 1 unspecified atom stereocenters. The second kappa shape index (κ2) is 11.2. The van der Waals surface area contributed by atoms with Crippen molar-refractivity contribution in [3.63, 3.8) is 0 Å². The summed E-state index contributed by atoms with van der Waals surface area (Å²) in [6, 6.07) is 13.3. The molecule has 1 atom stereocenters. The molecule has 0 fully saturated rings. The van der Waals surface area contributed by atoms with Gasteiger partial charge in [0.1, 0.15) is 18.1 Å². The SMILES string of the molecule is CCCCCCCC(CC)Oc1cccc(C#N)c1Oc1ccc2ncncc2c1. The summed E-state index contributed by atoms with van der Waals surface area (Å²) in [6.45, 7) is 4.36. The average Bonchev–Trinajstić information content (AvgIpc) is 2.79. The number of hydrogen-bond donors (Lipinski definition) is 0. The van der Waals surface area contributed by atoms with E-state index in [1.165, 1.54) is 32.0 Å². The Labute approximate surface area is 178 Å². The fourth-order valence-corrected chi connectivity index (χ4v) is 3.45. The van der Waals surface area contributed by atoms with Crippen molar-refractivity contribution in [3.05, 3.63) is 54.5 Å². The molecule has 0 saturated heterocycles. The largest absolute Gasteiger partial charge is 0.486 e. The molecule has 0 saturated carbocycles. The van der Waals surface area contributed by atoms with Gasteiger partial charge in [0.05, 0.1) is 17.2 Å². The molecule has 2 aromatic carbocycles. The topological polar surface area (TPSA) is 68.0 Å². The molecule has 1 heterocycles. The third-order valence-corrected chi connectivity index (χ3v) is 5.17. The fraction of sp³-hybridized carbons (Fsp3) is 0.400. The number of benzene rings is 2. The van der Waals surface area contributed by atoms with E-state index in [-0.39, 0.29) is 6.10 Å². The van der Waals surface area contributed by atoms with Gasteiger partial charge in [-0.3, -0.25) is 0 Å². The van der Waals surface area contributed by atoms with Crippen LogP contribution in [-0.2, 0) is 0 Å². The monoisotopic (exact) mass is 403 g/mol. The molecule has 0 aliphatic heterocycles. The Morgan fingerprint density at radius 3 is 2.73 bits per heavy atom. The van der Waals surface area contributed by atoms with Crippen molar-refractivity contribution < 1.29 is 9.47 Å². The lowest BCUT2D eigenvalue weighted by Gasteiger charge is -2.20. The van der Waals surface area contributed by atoms with Gasteiger partial charge in [0, 0.05) is 11.6 Å². The van der Waals surface area contributed by atoms with E-state index in [9.17, 15) is 5.26 Å². The normalized spacial score (nSPS) is 11.8. The van der Waals surface area contributed by atoms with Crippen LogP contribution in [0, 0.1) is 11.3 Å². The van der Waals surface area contributed by atoms with Crippen LogP contribution in [0.5, 0.6) is 17.2 Å². The van der Waals surface area contributed by atoms with Gasteiger partial charge in [0.25, 0.3) is 0 Å². The van der Waals surface area contributed by atoms with E-state index < -0.39 is 0 Å². The van der Waals surface area contributed by atoms with Crippen molar-refractivity contribution >= 4 is 10.9 Å². The minimum Gasteiger partial charge on any atom is -0.486 e. The van der Waals surface area contributed by atoms with Gasteiger partial charge >= 0.3 is 0 Å². The number of unbranched alkanes of at least 4 members (excludes halogenated alkanes) is 4. The predicted octanol–water partition coefficient (Wildman–Crippen LogP) is 6.81. The van der Waals surface area contributed by atoms with Gasteiger partial charge in [-0.25, -0.2) is 9.97 Å². The van der Waals surface area contributed by atoms with E-state index in [0.717, 1.165) is 30.2 Å². The van der Waals surface area contributed by atoms with Crippen molar-refractivity contribution in [2.45, 2.75) is 64.9 Å². The summed E-state index contributed by atoms with van der Waals surface area (Å²) in [6.07, 6.45) is 11.5. The molecule has 0 radical (unpaired) electrons. The van der Waals surface area contributed by atoms with Crippen LogP contribution in [0.25, 0.3) is 10.9 Å². The van der Waals surface area contributed by atoms with Crippen molar-refractivity contribution in [1.82, 2.24) is 9.97 Å². The zero-order chi connectivity index (χ0) is 21.2. The molecule has 0 N–H and O–H groups in total. The van der Waals surface area contributed by atoms with Crippen molar-refractivity contribution in [3.8, 4) is 23.3 Å². The highest BCUT2D eigenvalue weighted by atomic mass is 16.5. The highest BCUT2D eigenvalue weighted by Crippen LogP contribution is 2.37. The van der Waals surface area contributed by atoms with Crippen molar-refractivity contribution in [2.24, 2.45) is 0 Å². The van der Waals surface area contributed by atoms with Crippen LogP contribution < -0.4 is 9.47 Å². The molecular weight excluding hydrogens is 374 g/mol. The van der Waals surface area contributed by atoms with E-state index in [1.54, 1.807) is 12.3 Å². The predicted molar refractivity (Wildman–Crippen MR) is 119 cm³/mol. The smallest absolute Gasteiger partial charge is 0.187 e. The fourth-order valence-electron chi connectivity index (χ4n) is 3.45. The molecule has 1 aromatic heterocycles.